The molecule has 1 atom stereocenters. The molecule has 1 heterocycles. The smallest absolute Gasteiger partial charge is 0.313 e. The number of carboxylic acid groups (broad SMARTS) is 1. The highest BCUT2D eigenvalue weighted by atomic mass is 32.2. The van der Waals surface area contributed by atoms with Crippen molar-refractivity contribution in [1.82, 2.24) is 19.1 Å². The average molecular weight is 443 g/mol. The first kappa shape index (κ1) is 23.3. The minimum Gasteiger partial charge on any atom is -0.481 e. The zero-order chi connectivity index (χ0) is 21.6. The van der Waals surface area contributed by atoms with E-state index >= 15 is 0 Å². The zero-order valence-electron chi connectivity index (χ0n) is 16.9. The minimum absolute atomic E-state index is 0.159. The molecule has 0 fully saturated rings. The molecule has 2 aromatic rings. The molecule has 0 aliphatic carbocycles. The maximum Gasteiger partial charge on any atom is 0.313 e. The van der Waals surface area contributed by atoms with Crippen molar-refractivity contribution in [3.8, 4) is 11.4 Å². The second-order valence-corrected chi connectivity index (χ2v) is 9.16. The van der Waals surface area contributed by atoms with Crippen molar-refractivity contribution in [2.45, 2.75) is 36.9 Å². The van der Waals surface area contributed by atoms with Crippen LogP contribution in [-0.4, -0.2) is 71.1 Å². The van der Waals surface area contributed by atoms with Crippen LogP contribution in [0.2, 0.25) is 0 Å². The third-order valence-corrected chi connectivity index (χ3v) is 7.25. The van der Waals surface area contributed by atoms with Crippen LogP contribution in [0.25, 0.3) is 11.4 Å². The van der Waals surface area contributed by atoms with Crippen LogP contribution in [0.1, 0.15) is 26.8 Å². The standard InChI is InChI=1S/C18H26N4O5S2/c1-5-21(6-2)29(25,26)15-9-7-8-14(10-15)17-19-20-18(28-12-16(23)24)22(17)13(3)11-27-4/h7-10,13H,5-6,11-12H2,1-4H3,(H,23,24)/t13-/m1/s1. The lowest BCUT2D eigenvalue weighted by atomic mass is 10.2. The van der Waals surface area contributed by atoms with Gasteiger partial charge in [-0.1, -0.05) is 37.7 Å². The SMILES string of the molecule is CCN(CC)S(=O)(=O)c1cccc(-c2nnc(SCC(=O)O)n2[C@H](C)COC)c1. The number of hydrogen-bond donors (Lipinski definition) is 1. The molecule has 1 aromatic carbocycles. The van der Waals surface area contributed by atoms with Crippen LogP contribution in [0.4, 0.5) is 0 Å². The van der Waals surface area contributed by atoms with Gasteiger partial charge >= 0.3 is 5.97 Å². The summed E-state index contributed by atoms with van der Waals surface area (Å²) < 4.78 is 34.1. The van der Waals surface area contributed by atoms with Crippen molar-refractivity contribution in [3.63, 3.8) is 0 Å². The van der Waals surface area contributed by atoms with Gasteiger partial charge in [0.05, 0.1) is 23.3 Å². The summed E-state index contributed by atoms with van der Waals surface area (Å²) in [5.41, 5.74) is 0.579. The molecule has 2 rings (SSSR count). The molecule has 0 aliphatic rings. The Bertz CT molecular complexity index is 941. The summed E-state index contributed by atoms with van der Waals surface area (Å²) in [7, 11) is -2.05. The third kappa shape index (κ3) is 5.35. The summed E-state index contributed by atoms with van der Waals surface area (Å²) in [6.45, 7) is 6.60. The predicted octanol–water partition coefficient (Wildman–Crippen LogP) is 2.36. The van der Waals surface area contributed by atoms with Gasteiger partial charge in [-0.25, -0.2) is 8.42 Å². The zero-order valence-corrected chi connectivity index (χ0v) is 18.5. The fourth-order valence-corrected chi connectivity index (χ4v) is 5.18. The fraction of sp³-hybridized carbons (Fsp3) is 0.500. The van der Waals surface area contributed by atoms with Crippen molar-refractivity contribution >= 4 is 27.8 Å². The van der Waals surface area contributed by atoms with Crippen LogP contribution in [-0.2, 0) is 19.6 Å². The van der Waals surface area contributed by atoms with E-state index in [1.165, 1.54) is 4.31 Å². The van der Waals surface area contributed by atoms with E-state index in [-0.39, 0.29) is 16.7 Å². The molecule has 0 saturated carbocycles. The minimum atomic E-state index is -3.62. The third-order valence-electron chi connectivity index (χ3n) is 4.27. The molecule has 0 amide bonds. The molecule has 29 heavy (non-hydrogen) atoms. The van der Waals surface area contributed by atoms with Gasteiger partial charge in [0.25, 0.3) is 0 Å². The lowest BCUT2D eigenvalue weighted by molar-refractivity contribution is -0.133. The van der Waals surface area contributed by atoms with E-state index < -0.39 is 16.0 Å². The summed E-state index contributed by atoms with van der Waals surface area (Å²) in [5.74, 6) is -0.661. The Hall–Kier alpha value is -1.95. The van der Waals surface area contributed by atoms with Gasteiger partial charge in [-0.2, -0.15) is 4.31 Å². The normalized spacial score (nSPS) is 13.0. The van der Waals surface area contributed by atoms with Gasteiger partial charge in [0, 0.05) is 25.8 Å². The second kappa shape index (κ2) is 10.2. The molecular weight excluding hydrogens is 416 g/mol. The highest BCUT2D eigenvalue weighted by molar-refractivity contribution is 7.99. The van der Waals surface area contributed by atoms with Gasteiger partial charge in [-0.15, -0.1) is 10.2 Å². The van der Waals surface area contributed by atoms with E-state index in [0.717, 1.165) is 11.8 Å². The van der Waals surface area contributed by atoms with Crippen molar-refractivity contribution in [2.24, 2.45) is 0 Å². The number of aliphatic carboxylic acids is 1. The number of methoxy groups -OCH3 is 1. The van der Waals surface area contributed by atoms with E-state index in [4.69, 9.17) is 9.84 Å². The number of rotatable bonds is 11. The molecule has 0 bridgehead atoms. The fourth-order valence-electron chi connectivity index (χ4n) is 2.92. The van der Waals surface area contributed by atoms with Crippen LogP contribution in [0.3, 0.4) is 0 Å². The maximum atomic E-state index is 12.9. The largest absolute Gasteiger partial charge is 0.481 e. The Morgan fingerprint density at radius 2 is 2.00 bits per heavy atom. The summed E-state index contributed by atoms with van der Waals surface area (Å²) in [4.78, 5) is 11.1. The number of nitrogens with zero attached hydrogens (tertiary/aromatic N) is 4. The molecule has 0 spiro atoms. The van der Waals surface area contributed by atoms with Crippen molar-refractivity contribution in [2.75, 3.05) is 32.6 Å². The number of hydrogen-bond acceptors (Lipinski definition) is 7. The second-order valence-electron chi connectivity index (χ2n) is 6.28. The van der Waals surface area contributed by atoms with Crippen molar-refractivity contribution < 1.29 is 23.1 Å². The van der Waals surface area contributed by atoms with Gasteiger partial charge in [-0.05, 0) is 19.1 Å². The van der Waals surface area contributed by atoms with E-state index in [1.807, 2.05) is 6.92 Å². The average Bonchev–Trinajstić information content (AvgIpc) is 3.11. The monoisotopic (exact) mass is 442 g/mol. The molecule has 0 radical (unpaired) electrons. The van der Waals surface area contributed by atoms with Crippen molar-refractivity contribution in [3.05, 3.63) is 24.3 Å². The first-order chi connectivity index (χ1) is 13.8. The Labute approximate surface area is 175 Å². The highest BCUT2D eigenvalue weighted by Crippen LogP contribution is 2.29. The first-order valence-corrected chi connectivity index (χ1v) is 11.6. The molecule has 0 saturated heterocycles. The van der Waals surface area contributed by atoms with E-state index in [9.17, 15) is 13.2 Å². The van der Waals surface area contributed by atoms with Crippen molar-refractivity contribution in [1.29, 1.82) is 0 Å². The van der Waals surface area contributed by atoms with Gasteiger partial charge in [0.1, 0.15) is 0 Å². The molecule has 0 aliphatic heterocycles. The molecule has 0 unspecified atom stereocenters. The molecule has 9 nitrogen and oxygen atoms in total. The van der Waals surface area contributed by atoms with E-state index in [0.29, 0.717) is 36.2 Å². The summed E-state index contributed by atoms with van der Waals surface area (Å²) in [6, 6.07) is 6.36. The topological polar surface area (TPSA) is 115 Å². The van der Waals surface area contributed by atoms with Gasteiger partial charge in [0.15, 0.2) is 11.0 Å². The Morgan fingerprint density at radius 3 is 2.59 bits per heavy atom. The lowest BCUT2D eigenvalue weighted by Gasteiger charge is -2.19. The molecule has 11 heteroatoms. The van der Waals surface area contributed by atoms with Gasteiger partial charge in [-0.3, -0.25) is 9.36 Å². The number of ether oxygens (including phenoxy) is 1. The number of carboxylic acids is 1. The lowest BCUT2D eigenvalue weighted by Crippen LogP contribution is -2.30. The Balaban J connectivity index is 2.53. The van der Waals surface area contributed by atoms with E-state index in [2.05, 4.69) is 10.2 Å². The number of benzene rings is 1. The first-order valence-electron chi connectivity index (χ1n) is 9.15. The number of carbonyl (C=O) groups is 1. The van der Waals surface area contributed by atoms with Gasteiger partial charge < -0.3 is 9.84 Å². The van der Waals surface area contributed by atoms with Crippen LogP contribution < -0.4 is 0 Å². The number of sulfonamides is 1. The quantitative estimate of drug-likeness (QED) is 0.528. The van der Waals surface area contributed by atoms with Gasteiger partial charge in [0.2, 0.25) is 10.0 Å². The number of thioether (sulfide) groups is 1. The van der Waals surface area contributed by atoms with Crippen LogP contribution >= 0.6 is 11.8 Å². The number of aromatic nitrogens is 3. The Morgan fingerprint density at radius 1 is 1.31 bits per heavy atom. The maximum absolute atomic E-state index is 12.9. The molecule has 1 aromatic heterocycles. The summed E-state index contributed by atoms with van der Waals surface area (Å²) in [6.07, 6.45) is 0. The van der Waals surface area contributed by atoms with Crippen LogP contribution in [0.15, 0.2) is 34.3 Å². The summed E-state index contributed by atoms with van der Waals surface area (Å²) >= 11 is 1.05. The van der Waals surface area contributed by atoms with E-state index in [1.54, 1.807) is 49.8 Å². The molecule has 1 N–H and O–H groups in total. The highest BCUT2D eigenvalue weighted by Gasteiger charge is 2.24. The van der Waals surface area contributed by atoms with Crippen LogP contribution in [0, 0.1) is 0 Å². The van der Waals surface area contributed by atoms with Crippen LogP contribution in [0.5, 0.6) is 0 Å². The predicted molar refractivity (Wildman–Crippen MR) is 111 cm³/mol. The Kier molecular flexibility index (Phi) is 8.20. The molecule has 160 valence electrons. The summed E-state index contributed by atoms with van der Waals surface area (Å²) in [5, 5.41) is 17.8. The molecular formula is C18H26N4O5S2.